The summed E-state index contributed by atoms with van der Waals surface area (Å²) in [4.78, 5) is 28.5. The fourth-order valence-electron chi connectivity index (χ4n) is 4.74. The topological polar surface area (TPSA) is 96.0 Å². The first kappa shape index (κ1) is 29.3. The molecule has 1 atom stereocenters. The van der Waals surface area contributed by atoms with Crippen LogP contribution in [0.2, 0.25) is 5.02 Å². The molecule has 5 rings (SSSR count). The highest BCUT2D eigenvalue weighted by Gasteiger charge is 2.36. The first-order valence-corrected chi connectivity index (χ1v) is 15.2. The Morgan fingerprint density at radius 3 is 2.36 bits per heavy atom. The van der Waals surface area contributed by atoms with Crippen molar-refractivity contribution in [2.24, 2.45) is 0 Å². The number of sulfonamides is 1. The van der Waals surface area contributed by atoms with Crippen LogP contribution < -0.4 is 15.0 Å². The minimum absolute atomic E-state index is 0.0212. The molecule has 0 aliphatic carbocycles. The number of carbonyl (C=O) groups is 2. The number of anilines is 1. The van der Waals surface area contributed by atoms with E-state index in [1.165, 1.54) is 29.2 Å². The van der Waals surface area contributed by atoms with Crippen molar-refractivity contribution in [3.8, 4) is 5.75 Å². The third-order valence-electron chi connectivity index (χ3n) is 6.88. The molecule has 10 heteroatoms. The largest absolute Gasteiger partial charge is 0.477 e. The van der Waals surface area contributed by atoms with E-state index in [1.807, 2.05) is 61.5 Å². The first-order chi connectivity index (χ1) is 20.2. The van der Waals surface area contributed by atoms with E-state index >= 15 is 0 Å². The van der Waals surface area contributed by atoms with Gasteiger partial charge in [0.15, 0.2) is 6.10 Å². The molecule has 0 bridgehead atoms. The summed E-state index contributed by atoms with van der Waals surface area (Å²) in [6, 6.07) is 29.7. The number of nitrogens with zero attached hydrogens (tertiary/aromatic N) is 2. The number of fused-ring (bicyclic) bond motifs is 1. The van der Waals surface area contributed by atoms with Crippen molar-refractivity contribution >= 4 is 39.1 Å². The molecule has 1 N–H and O–H groups in total. The van der Waals surface area contributed by atoms with Crippen molar-refractivity contribution in [1.82, 2.24) is 9.62 Å². The number of carbonyl (C=O) groups excluding carboxylic acids is 2. The van der Waals surface area contributed by atoms with E-state index in [9.17, 15) is 18.0 Å². The van der Waals surface area contributed by atoms with Crippen LogP contribution in [0.15, 0.2) is 108 Å². The number of amides is 2. The van der Waals surface area contributed by atoms with Gasteiger partial charge in [-0.1, -0.05) is 83.9 Å². The Morgan fingerprint density at radius 2 is 1.62 bits per heavy atom. The van der Waals surface area contributed by atoms with E-state index in [-0.39, 0.29) is 23.9 Å². The number of aryl methyl sites for hydroxylation is 1. The highest BCUT2D eigenvalue weighted by Crippen LogP contribution is 2.34. The molecule has 8 nitrogen and oxygen atoms in total. The third-order valence-corrected chi connectivity index (χ3v) is 8.94. The van der Waals surface area contributed by atoms with Crippen molar-refractivity contribution in [3.05, 3.63) is 125 Å². The number of benzene rings is 4. The second-order valence-corrected chi connectivity index (χ2v) is 12.4. The fourth-order valence-corrected chi connectivity index (χ4v) is 6.24. The molecule has 216 valence electrons. The van der Waals surface area contributed by atoms with Crippen molar-refractivity contribution in [3.63, 3.8) is 0 Å². The van der Waals surface area contributed by atoms with Gasteiger partial charge in [0.1, 0.15) is 5.75 Å². The maximum atomic E-state index is 13.9. The Morgan fingerprint density at radius 1 is 0.929 bits per heavy atom. The molecule has 1 heterocycles. The van der Waals surface area contributed by atoms with Gasteiger partial charge >= 0.3 is 0 Å². The molecule has 0 saturated carbocycles. The van der Waals surface area contributed by atoms with Crippen LogP contribution in [-0.4, -0.2) is 43.7 Å². The van der Waals surface area contributed by atoms with E-state index in [0.29, 0.717) is 23.0 Å². The molecular weight excluding hydrogens is 574 g/mol. The molecule has 0 aromatic heterocycles. The Bertz CT molecular complexity index is 1680. The Kier molecular flexibility index (Phi) is 8.91. The number of ether oxygens (including phenoxy) is 1. The van der Waals surface area contributed by atoms with Crippen molar-refractivity contribution in [2.75, 3.05) is 18.0 Å². The molecule has 0 spiro atoms. The molecule has 2 amide bonds. The number of hydrogen-bond donors (Lipinski definition) is 1. The number of rotatable bonds is 9. The minimum atomic E-state index is -4.09. The summed E-state index contributed by atoms with van der Waals surface area (Å²) in [6.07, 6.45) is -0.981. The zero-order valence-electron chi connectivity index (χ0n) is 22.9. The van der Waals surface area contributed by atoms with Gasteiger partial charge in [0.25, 0.3) is 5.91 Å². The normalized spacial score (nSPS) is 14.6. The van der Waals surface area contributed by atoms with Gasteiger partial charge in [-0.25, -0.2) is 8.42 Å². The molecule has 0 saturated heterocycles. The van der Waals surface area contributed by atoms with E-state index in [0.717, 1.165) is 21.0 Å². The van der Waals surface area contributed by atoms with Crippen molar-refractivity contribution in [2.45, 2.75) is 31.0 Å². The van der Waals surface area contributed by atoms with Crippen molar-refractivity contribution < 1.29 is 22.7 Å². The van der Waals surface area contributed by atoms with Crippen LogP contribution in [0, 0.1) is 6.92 Å². The number of halogens is 1. The van der Waals surface area contributed by atoms with Gasteiger partial charge < -0.3 is 15.0 Å². The quantitative estimate of drug-likeness (QED) is 0.292. The van der Waals surface area contributed by atoms with E-state index in [1.54, 1.807) is 24.3 Å². The van der Waals surface area contributed by atoms with Crippen LogP contribution in [-0.2, 0) is 32.7 Å². The molecule has 1 aliphatic rings. The minimum Gasteiger partial charge on any atom is -0.477 e. The van der Waals surface area contributed by atoms with Crippen molar-refractivity contribution in [1.29, 1.82) is 0 Å². The first-order valence-electron chi connectivity index (χ1n) is 13.4. The van der Waals surface area contributed by atoms with Crippen LogP contribution in [0.5, 0.6) is 5.75 Å². The smallest absolute Gasteiger partial charge is 0.263 e. The van der Waals surface area contributed by atoms with Gasteiger partial charge in [0.2, 0.25) is 15.9 Å². The Balaban J connectivity index is 1.41. The van der Waals surface area contributed by atoms with E-state index in [4.69, 9.17) is 16.3 Å². The van der Waals surface area contributed by atoms with Gasteiger partial charge in [-0.3, -0.25) is 9.59 Å². The van der Waals surface area contributed by atoms with Crippen LogP contribution in [0.1, 0.15) is 16.7 Å². The molecule has 4 aromatic rings. The summed E-state index contributed by atoms with van der Waals surface area (Å²) in [5, 5.41) is 3.27. The monoisotopic (exact) mass is 603 g/mol. The van der Waals surface area contributed by atoms with E-state index < -0.39 is 28.6 Å². The zero-order chi connectivity index (χ0) is 29.7. The highest BCUT2D eigenvalue weighted by atomic mass is 35.5. The summed E-state index contributed by atoms with van der Waals surface area (Å²) in [6.45, 7) is 1.67. The Labute approximate surface area is 250 Å². The molecule has 0 fully saturated rings. The van der Waals surface area contributed by atoms with Gasteiger partial charge in [-0.15, -0.1) is 0 Å². The van der Waals surface area contributed by atoms with Crippen LogP contribution in [0.3, 0.4) is 0 Å². The maximum absolute atomic E-state index is 13.9. The third kappa shape index (κ3) is 6.82. The molecule has 0 radical (unpaired) electrons. The van der Waals surface area contributed by atoms with Crippen LogP contribution in [0.4, 0.5) is 5.69 Å². The zero-order valence-corrected chi connectivity index (χ0v) is 24.5. The van der Waals surface area contributed by atoms with Crippen LogP contribution >= 0.6 is 11.6 Å². The molecule has 4 aromatic carbocycles. The lowest BCUT2D eigenvalue weighted by Crippen LogP contribution is -2.52. The van der Waals surface area contributed by atoms with E-state index in [2.05, 4.69) is 5.32 Å². The standard InChI is InChI=1S/C32H30ClN3O5S/c1-23-8-7-11-25(18-23)20-35(42(39,40)27-16-14-26(33)15-17-27)22-31(37)36-21-30(41-29-13-6-5-12-28(29)36)32(38)34-19-24-9-3-2-4-10-24/h2-18,30H,19-22H2,1H3,(H,34,38)/t30-/m0/s1. The number of nitrogens with one attached hydrogen (secondary N) is 1. The summed E-state index contributed by atoms with van der Waals surface area (Å²) in [5.74, 6) is -0.504. The Hall–Kier alpha value is -4.18. The second kappa shape index (κ2) is 12.8. The molecular formula is C32H30ClN3O5S. The van der Waals surface area contributed by atoms with Gasteiger partial charge in [0.05, 0.1) is 23.7 Å². The molecule has 42 heavy (non-hydrogen) atoms. The number of hydrogen-bond acceptors (Lipinski definition) is 5. The lowest BCUT2D eigenvalue weighted by molar-refractivity contribution is -0.128. The fraction of sp³-hybridized carbons (Fsp3) is 0.188. The predicted molar refractivity (Wildman–Crippen MR) is 162 cm³/mol. The molecule has 1 aliphatic heterocycles. The summed E-state index contributed by atoms with van der Waals surface area (Å²) < 4.78 is 34.7. The highest BCUT2D eigenvalue weighted by molar-refractivity contribution is 7.89. The van der Waals surface area contributed by atoms with Gasteiger partial charge in [-0.2, -0.15) is 4.31 Å². The average molecular weight is 604 g/mol. The summed E-state index contributed by atoms with van der Waals surface area (Å²) in [7, 11) is -4.09. The SMILES string of the molecule is Cc1cccc(CN(CC(=O)N2C[C@@H](C(=O)NCc3ccccc3)Oc3ccccc32)S(=O)(=O)c2ccc(Cl)cc2)c1. The van der Waals surface area contributed by atoms with Gasteiger partial charge in [-0.05, 0) is 54.4 Å². The second-order valence-electron chi connectivity index (χ2n) is 10.00. The maximum Gasteiger partial charge on any atom is 0.263 e. The predicted octanol–water partition coefficient (Wildman–Crippen LogP) is 4.95. The lowest BCUT2D eigenvalue weighted by atomic mass is 10.1. The summed E-state index contributed by atoms with van der Waals surface area (Å²) >= 11 is 6.00. The van der Waals surface area contributed by atoms with Gasteiger partial charge in [0, 0.05) is 18.1 Å². The lowest BCUT2D eigenvalue weighted by Gasteiger charge is -2.35. The van der Waals surface area contributed by atoms with Crippen LogP contribution in [0.25, 0.3) is 0 Å². The number of para-hydroxylation sites is 2. The summed E-state index contributed by atoms with van der Waals surface area (Å²) in [5.41, 5.74) is 3.10. The molecule has 0 unspecified atom stereocenters. The average Bonchev–Trinajstić information content (AvgIpc) is 2.99.